The Bertz CT molecular complexity index is 826. The van der Waals surface area contributed by atoms with E-state index in [2.05, 4.69) is 65.8 Å². The van der Waals surface area contributed by atoms with E-state index in [-0.39, 0.29) is 24.0 Å². The summed E-state index contributed by atoms with van der Waals surface area (Å²) in [6, 6.07) is 12.9. The number of aliphatic hydroxyl groups excluding tert-OH is 1. The summed E-state index contributed by atoms with van der Waals surface area (Å²) in [7, 11) is 2.22. The number of hydrogen-bond acceptors (Lipinski definition) is 3. The highest BCUT2D eigenvalue weighted by molar-refractivity contribution is 7.48. The van der Waals surface area contributed by atoms with Gasteiger partial charge < -0.3 is 14.6 Å². The van der Waals surface area contributed by atoms with Gasteiger partial charge in [-0.25, -0.2) is 0 Å². The molecule has 2 atom stereocenters. The molecule has 0 aliphatic heterocycles. The lowest BCUT2D eigenvalue weighted by molar-refractivity contribution is 0.0485. The third kappa shape index (κ3) is 5.63. The van der Waals surface area contributed by atoms with Crippen LogP contribution in [0.2, 0.25) is 0 Å². The molecule has 0 aliphatic carbocycles. The van der Waals surface area contributed by atoms with Crippen LogP contribution in [0, 0.1) is 6.92 Å². The molecule has 30 heavy (non-hydrogen) atoms. The number of aryl methyl sites for hydroxylation is 1. The predicted molar refractivity (Wildman–Crippen MR) is 130 cm³/mol. The van der Waals surface area contributed by atoms with Crippen molar-refractivity contribution in [3.8, 4) is 5.75 Å². The number of ether oxygens (including phenoxy) is 2. The quantitative estimate of drug-likeness (QED) is 0.361. The zero-order valence-electron chi connectivity index (χ0n) is 19.8. The Morgan fingerprint density at radius 3 is 2.27 bits per heavy atom. The van der Waals surface area contributed by atoms with Crippen LogP contribution in [0.5, 0.6) is 5.75 Å². The summed E-state index contributed by atoms with van der Waals surface area (Å²) < 4.78 is 11.6. The summed E-state index contributed by atoms with van der Waals surface area (Å²) in [5.41, 5.74) is 4.74. The number of hydrogen-bond donors (Lipinski definition) is 1. The number of aliphatic hydroxyl groups is 1. The standard InChI is InChI=1S/C26H39O3P/c1-8-14-26(9-2,30-23-13-11-10-12-20(23)17-27)22-16-19(3)15-21(25(4,5)6)24(22)29-18-28-7/h10-13,15-16,27,30H,8-9,14,17-18H2,1-7H3. The Labute approximate surface area is 185 Å². The minimum Gasteiger partial charge on any atom is -0.467 e. The van der Waals surface area contributed by atoms with Crippen molar-refractivity contribution in [2.45, 2.75) is 78.0 Å². The van der Waals surface area contributed by atoms with E-state index in [1.807, 2.05) is 12.1 Å². The molecule has 2 rings (SSSR count). The van der Waals surface area contributed by atoms with Crippen LogP contribution in [-0.4, -0.2) is 19.0 Å². The van der Waals surface area contributed by atoms with Crippen molar-refractivity contribution in [3.63, 3.8) is 0 Å². The van der Waals surface area contributed by atoms with E-state index in [1.54, 1.807) is 7.11 Å². The Balaban J connectivity index is 2.75. The van der Waals surface area contributed by atoms with Gasteiger partial charge in [-0.1, -0.05) is 91.6 Å². The molecule has 0 spiro atoms. The van der Waals surface area contributed by atoms with Crippen LogP contribution in [0.25, 0.3) is 0 Å². The van der Waals surface area contributed by atoms with Gasteiger partial charge in [0.05, 0.1) is 6.61 Å². The van der Waals surface area contributed by atoms with Gasteiger partial charge in [0.2, 0.25) is 0 Å². The maximum atomic E-state index is 9.92. The zero-order chi connectivity index (χ0) is 22.4. The molecule has 2 aromatic rings. The van der Waals surface area contributed by atoms with E-state index in [0.717, 1.165) is 30.6 Å². The largest absolute Gasteiger partial charge is 0.467 e. The second kappa shape index (κ2) is 10.8. The van der Waals surface area contributed by atoms with Crippen molar-refractivity contribution in [2.24, 2.45) is 0 Å². The van der Waals surface area contributed by atoms with Gasteiger partial charge in [-0.15, -0.1) is 0 Å². The number of benzene rings is 2. The molecule has 2 aromatic carbocycles. The van der Waals surface area contributed by atoms with Crippen LogP contribution in [0.4, 0.5) is 0 Å². The van der Waals surface area contributed by atoms with Crippen LogP contribution >= 0.6 is 8.58 Å². The fourth-order valence-corrected chi connectivity index (χ4v) is 6.03. The van der Waals surface area contributed by atoms with Crippen LogP contribution in [0.15, 0.2) is 36.4 Å². The summed E-state index contributed by atoms with van der Waals surface area (Å²) in [5.74, 6) is 0.972. The topological polar surface area (TPSA) is 38.7 Å². The average molecular weight is 431 g/mol. The van der Waals surface area contributed by atoms with E-state index in [4.69, 9.17) is 9.47 Å². The monoisotopic (exact) mass is 430 g/mol. The first-order valence-corrected chi connectivity index (χ1v) is 12.0. The SMILES string of the molecule is CCCC(CC)(Pc1ccccc1CO)c1cc(C)cc(C(C)(C)C)c1OCOC. The lowest BCUT2D eigenvalue weighted by Crippen LogP contribution is -2.27. The smallest absolute Gasteiger partial charge is 0.188 e. The van der Waals surface area contributed by atoms with E-state index in [1.165, 1.54) is 22.0 Å². The molecule has 0 fully saturated rings. The van der Waals surface area contributed by atoms with Crippen molar-refractivity contribution in [1.29, 1.82) is 0 Å². The molecule has 0 aromatic heterocycles. The van der Waals surface area contributed by atoms with Crippen LogP contribution in [0.3, 0.4) is 0 Å². The minimum atomic E-state index is -0.0465. The highest BCUT2D eigenvalue weighted by Gasteiger charge is 2.36. The molecule has 0 saturated carbocycles. The average Bonchev–Trinajstić information content (AvgIpc) is 2.71. The van der Waals surface area contributed by atoms with Crippen molar-refractivity contribution in [3.05, 3.63) is 58.7 Å². The molecule has 0 amide bonds. The molecule has 0 aliphatic rings. The number of methoxy groups -OCH3 is 1. The first kappa shape index (κ1) is 24.9. The van der Waals surface area contributed by atoms with Crippen molar-refractivity contribution in [1.82, 2.24) is 0 Å². The molecular weight excluding hydrogens is 391 g/mol. The van der Waals surface area contributed by atoms with E-state index >= 15 is 0 Å². The van der Waals surface area contributed by atoms with Crippen molar-refractivity contribution in [2.75, 3.05) is 13.9 Å². The van der Waals surface area contributed by atoms with Gasteiger partial charge in [0.25, 0.3) is 0 Å². The van der Waals surface area contributed by atoms with Gasteiger partial charge in [0.1, 0.15) is 5.75 Å². The lowest BCUT2D eigenvalue weighted by atomic mass is 9.80. The second-order valence-electron chi connectivity index (χ2n) is 9.12. The van der Waals surface area contributed by atoms with Crippen molar-refractivity contribution >= 4 is 13.9 Å². The van der Waals surface area contributed by atoms with Crippen LogP contribution in [-0.2, 0) is 21.9 Å². The van der Waals surface area contributed by atoms with Crippen LogP contribution in [0.1, 0.15) is 76.1 Å². The maximum absolute atomic E-state index is 9.92. The molecule has 1 N–H and O–H groups in total. The summed E-state index contributed by atoms with van der Waals surface area (Å²) >= 11 is 0. The number of rotatable bonds is 10. The Hall–Kier alpha value is -1.41. The first-order chi connectivity index (χ1) is 14.2. The lowest BCUT2D eigenvalue weighted by Gasteiger charge is -2.38. The Morgan fingerprint density at radius 1 is 1.03 bits per heavy atom. The predicted octanol–water partition coefficient (Wildman–Crippen LogP) is 6.18. The Kier molecular flexibility index (Phi) is 8.91. The summed E-state index contributed by atoms with van der Waals surface area (Å²) in [4.78, 5) is 0. The van der Waals surface area contributed by atoms with Gasteiger partial charge in [0, 0.05) is 23.4 Å². The minimum absolute atomic E-state index is 0.0400. The Morgan fingerprint density at radius 2 is 1.70 bits per heavy atom. The highest BCUT2D eigenvalue weighted by atomic mass is 31.1. The molecule has 4 heteroatoms. The maximum Gasteiger partial charge on any atom is 0.188 e. The molecule has 0 radical (unpaired) electrons. The molecule has 0 bridgehead atoms. The van der Waals surface area contributed by atoms with Crippen molar-refractivity contribution < 1.29 is 14.6 Å². The summed E-state index contributed by atoms with van der Waals surface area (Å²) in [6.07, 6.45) is 3.16. The zero-order valence-corrected chi connectivity index (χ0v) is 20.8. The molecule has 3 nitrogen and oxygen atoms in total. The fourth-order valence-electron chi connectivity index (χ4n) is 4.14. The fraction of sp³-hybridized carbons (Fsp3) is 0.538. The van der Waals surface area contributed by atoms with Gasteiger partial charge in [-0.2, -0.15) is 0 Å². The van der Waals surface area contributed by atoms with Gasteiger partial charge in [-0.05, 0) is 36.0 Å². The van der Waals surface area contributed by atoms with Gasteiger partial charge in [-0.3, -0.25) is 0 Å². The van der Waals surface area contributed by atoms with E-state index in [9.17, 15) is 5.11 Å². The second-order valence-corrected chi connectivity index (χ2v) is 10.9. The third-order valence-corrected chi connectivity index (χ3v) is 7.83. The van der Waals surface area contributed by atoms with Crippen LogP contribution < -0.4 is 10.0 Å². The summed E-state index contributed by atoms with van der Waals surface area (Å²) in [5, 5.41) is 11.1. The first-order valence-electron chi connectivity index (χ1n) is 11.0. The molecule has 166 valence electrons. The van der Waals surface area contributed by atoms with E-state index < -0.39 is 0 Å². The van der Waals surface area contributed by atoms with Gasteiger partial charge in [0.15, 0.2) is 6.79 Å². The molecule has 0 saturated heterocycles. The summed E-state index contributed by atoms with van der Waals surface area (Å²) in [6.45, 7) is 13.7. The van der Waals surface area contributed by atoms with E-state index in [0.29, 0.717) is 8.58 Å². The third-order valence-electron chi connectivity index (χ3n) is 5.72. The molecule has 0 heterocycles. The molecular formula is C26H39O3P. The van der Waals surface area contributed by atoms with Gasteiger partial charge >= 0.3 is 0 Å². The molecule has 2 unspecified atom stereocenters. The normalized spacial score (nSPS) is 14.3. The highest BCUT2D eigenvalue weighted by Crippen LogP contribution is 2.53.